The van der Waals surface area contributed by atoms with Crippen molar-refractivity contribution in [3.63, 3.8) is 0 Å². The molecule has 0 spiro atoms. The lowest BCUT2D eigenvalue weighted by molar-refractivity contribution is -0.120. The summed E-state index contributed by atoms with van der Waals surface area (Å²) in [5.41, 5.74) is 0.964. The van der Waals surface area contributed by atoms with E-state index < -0.39 is 5.82 Å². The number of para-hydroxylation sites is 1. The zero-order chi connectivity index (χ0) is 17.2. The molecule has 0 aromatic heterocycles. The van der Waals surface area contributed by atoms with Crippen molar-refractivity contribution >= 4 is 5.91 Å². The molecule has 0 heterocycles. The molecule has 0 fully saturated rings. The molecular formula is C18H21FN2O3. The summed E-state index contributed by atoms with van der Waals surface area (Å²) in [6.45, 7) is 1.33. The molecule has 0 aliphatic heterocycles. The zero-order valence-electron chi connectivity index (χ0n) is 13.5. The smallest absolute Gasteiger partial charge is 0.234 e. The Morgan fingerprint density at radius 2 is 2.00 bits per heavy atom. The zero-order valence-corrected chi connectivity index (χ0v) is 13.5. The number of carbonyl (C=O) groups is 1. The fraction of sp³-hybridized carbons (Fsp3) is 0.278. The number of methoxy groups -OCH3 is 1. The maximum absolute atomic E-state index is 13.3. The molecule has 0 saturated heterocycles. The van der Waals surface area contributed by atoms with Crippen molar-refractivity contribution < 1.29 is 18.7 Å². The number of carbonyl (C=O) groups excluding carboxylic acids is 1. The normalized spacial score (nSPS) is 10.2. The van der Waals surface area contributed by atoms with Gasteiger partial charge < -0.3 is 20.1 Å². The molecule has 2 rings (SSSR count). The summed E-state index contributed by atoms with van der Waals surface area (Å²) in [6, 6.07) is 13.7. The summed E-state index contributed by atoms with van der Waals surface area (Å²) in [7, 11) is 1.60. The van der Waals surface area contributed by atoms with E-state index in [0.29, 0.717) is 13.1 Å². The number of benzene rings is 2. The maximum Gasteiger partial charge on any atom is 0.234 e. The highest BCUT2D eigenvalue weighted by Crippen LogP contribution is 2.14. The van der Waals surface area contributed by atoms with Crippen LogP contribution in [0.3, 0.4) is 0 Å². The van der Waals surface area contributed by atoms with Gasteiger partial charge in [0.2, 0.25) is 5.91 Å². The summed E-state index contributed by atoms with van der Waals surface area (Å²) in [5, 5.41) is 5.76. The van der Waals surface area contributed by atoms with E-state index in [-0.39, 0.29) is 24.8 Å². The van der Waals surface area contributed by atoms with E-state index in [1.54, 1.807) is 25.3 Å². The lowest BCUT2D eigenvalue weighted by Crippen LogP contribution is -2.35. The van der Waals surface area contributed by atoms with Crippen molar-refractivity contribution in [2.45, 2.75) is 6.54 Å². The Kier molecular flexibility index (Phi) is 7.04. The largest absolute Gasteiger partial charge is 0.497 e. The fourth-order valence-electron chi connectivity index (χ4n) is 2.04. The predicted molar refractivity (Wildman–Crippen MR) is 89.6 cm³/mol. The standard InChI is InChI=1S/C18H21FN2O3/c1-23-15-6-4-5-14(11-15)12-21-18(22)13-20-9-10-24-17-8-3-2-7-16(17)19/h2-8,11,20H,9-10,12-13H2,1H3,(H,21,22). The maximum atomic E-state index is 13.3. The van der Waals surface area contributed by atoms with Crippen molar-refractivity contribution in [1.29, 1.82) is 0 Å². The van der Waals surface area contributed by atoms with Crippen molar-refractivity contribution in [3.05, 3.63) is 59.9 Å². The monoisotopic (exact) mass is 332 g/mol. The molecule has 2 aromatic rings. The predicted octanol–water partition coefficient (Wildman–Crippen LogP) is 2.12. The van der Waals surface area contributed by atoms with E-state index in [4.69, 9.17) is 9.47 Å². The number of halogens is 1. The fourth-order valence-corrected chi connectivity index (χ4v) is 2.04. The highest BCUT2D eigenvalue weighted by Gasteiger charge is 2.03. The van der Waals surface area contributed by atoms with Crippen LogP contribution in [0.4, 0.5) is 4.39 Å². The molecule has 0 bridgehead atoms. The summed E-state index contributed by atoms with van der Waals surface area (Å²) >= 11 is 0. The van der Waals surface area contributed by atoms with Crippen LogP contribution in [-0.4, -0.2) is 32.7 Å². The van der Waals surface area contributed by atoms with Crippen molar-refractivity contribution in [2.75, 3.05) is 26.8 Å². The average molecular weight is 332 g/mol. The molecule has 2 aromatic carbocycles. The molecular weight excluding hydrogens is 311 g/mol. The van der Waals surface area contributed by atoms with Crippen molar-refractivity contribution in [2.24, 2.45) is 0 Å². The first-order valence-corrected chi connectivity index (χ1v) is 7.66. The number of hydrogen-bond acceptors (Lipinski definition) is 4. The minimum Gasteiger partial charge on any atom is -0.497 e. The first-order chi connectivity index (χ1) is 11.7. The van der Waals surface area contributed by atoms with Crippen molar-refractivity contribution in [3.8, 4) is 11.5 Å². The molecule has 0 unspecified atom stereocenters. The second-order valence-electron chi connectivity index (χ2n) is 5.08. The van der Waals surface area contributed by atoms with Gasteiger partial charge >= 0.3 is 0 Å². The highest BCUT2D eigenvalue weighted by atomic mass is 19.1. The van der Waals surface area contributed by atoms with Gasteiger partial charge in [-0.2, -0.15) is 0 Å². The van der Waals surface area contributed by atoms with Gasteiger partial charge in [-0.25, -0.2) is 4.39 Å². The molecule has 0 aliphatic rings. The molecule has 0 radical (unpaired) electrons. The second kappa shape index (κ2) is 9.52. The highest BCUT2D eigenvalue weighted by molar-refractivity contribution is 5.77. The SMILES string of the molecule is COc1cccc(CNC(=O)CNCCOc2ccccc2F)c1. The first-order valence-electron chi connectivity index (χ1n) is 7.66. The Morgan fingerprint density at radius 1 is 1.17 bits per heavy atom. The van der Waals surface area contributed by atoms with Crippen LogP contribution in [0.15, 0.2) is 48.5 Å². The molecule has 0 atom stereocenters. The van der Waals surface area contributed by atoms with Gasteiger partial charge in [0, 0.05) is 13.1 Å². The quantitative estimate of drug-likeness (QED) is 0.691. The number of rotatable bonds is 9. The third kappa shape index (κ3) is 5.89. The molecule has 0 aliphatic carbocycles. The minimum absolute atomic E-state index is 0.122. The molecule has 1 amide bonds. The molecule has 24 heavy (non-hydrogen) atoms. The van der Waals surface area contributed by atoms with Gasteiger partial charge in [-0.15, -0.1) is 0 Å². The molecule has 0 saturated carbocycles. The Bertz CT molecular complexity index is 664. The van der Waals surface area contributed by atoms with E-state index in [2.05, 4.69) is 10.6 Å². The summed E-state index contributed by atoms with van der Waals surface area (Å²) in [5.74, 6) is 0.448. The Hall–Kier alpha value is -2.60. The van der Waals surface area contributed by atoms with Gasteiger partial charge in [-0.1, -0.05) is 24.3 Å². The minimum atomic E-state index is -0.395. The third-order valence-electron chi connectivity index (χ3n) is 3.28. The molecule has 5 nitrogen and oxygen atoms in total. The van der Waals surface area contributed by atoms with Crippen LogP contribution in [0, 0.1) is 5.82 Å². The number of hydrogen-bond donors (Lipinski definition) is 2. The topological polar surface area (TPSA) is 59.6 Å². The van der Waals surface area contributed by atoms with Gasteiger partial charge in [0.25, 0.3) is 0 Å². The van der Waals surface area contributed by atoms with Crippen LogP contribution < -0.4 is 20.1 Å². The van der Waals surface area contributed by atoms with Crippen molar-refractivity contribution in [1.82, 2.24) is 10.6 Å². The lowest BCUT2D eigenvalue weighted by Gasteiger charge is -2.09. The van der Waals surface area contributed by atoms with Crippen LogP contribution in [0.25, 0.3) is 0 Å². The van der Waals surface area contributed by atoms with Crippen LogP contribution in [0.1, 0.15) is 5.56 Å². The number of nitrogens with one attached hydrogen (secondary N) is 2. The lowest BCUT2D eigenvalue weighted by atomic mass is 10.2. The van der Waals surface area contributed by atoms with Crippen LogP contribution in [0.2, 0.25) is 0 Å². The average Bonchev–Trinajstić information content (AvgIpc) is 2.61. The summed E-state index contributed by atoms with van der Waals surface area (Å²) < 4.78 is 23.7. The summed E-state index contributed by atoms with van der Waals surface area (Å²) in [6.07, 6.45) is 0. The number of ether oxygens (including phenoxy) is 2. The Labute approximate surface area is 140 Å². The van der Waals surface area contributed by atoms with E-state index in [0.717, 1.165) is 11.3 Å². The van der Waals surface area contributed by atoms with E-state index in [1.165, 1.54) is 6.07 Å². The van der Waals surface area contributed by atoms with E-state index in [1.807, 2.05) is 24.3 Å². The van der Waals surface area contributed by atoms with Crippen LogP contribution in [-0.2, 0) is 11.3 Å². The molecule has 128 valence electrons. The van der Waals surface area contributed by atoms with Gasteiger partial charge in [0.05, 0.1) is 13.7 Å². The molecule has 2 N–H and O–H groups in total. The first kappa shape index (κ1) is 17.7. The molecule has 6 heteroatoms. The second-order valence-corrected chi connectivity index (χ2v) is 5.08. The van der Waals surface area contributed by atoms with Gasteiger partial charge in [0.1, 0.15) is 12.4 Å². The summed E-state index contributed by atoms with van der Waals surface area (Å²) in [4.78, 5) is 11.8. The number of amides is 1. The third-order valence-corrected chi connectivity index (χ3v) is 3.28. The van der Waals surface area contributed by atoms with Gasteiger partial charge in [-0.05, 0) is 29.8 Å². The van der Waals surface area contributed by atoms with Crippen LogP contribution >= 0.6 is 0 Å². The van der Waals surface area contributed by atoms with Crippen LogP contribution in [0.5, 0.6) is 11.5 Å². The van der Waals surface area contributed by atoms with E-state index in [9.17, 15) is 9.18 Å². The van der Waals surface area contributed by atoms with Gasteiger partial charge in [0.15, 0.2) is 11.6 Å². The Balaban J connectivity index is 1.60. The van der Waals surface area contributed by atoms with E-state index >= 15 is 0 Å². The van der Waals surface area contributed by atoms with Gasteiger partial charge in [-0.3, -0.25) is 4.79 Å². The Morgan fingerprint density at radius 3 is 2.79 bits per heavy atom.